The van der Waals surface area contributed by atoms with Crippen molar-refractivity contribution in [2.45, 2.75) is 19.4 Å². The van der Waals surface area contributed by atoms with E-state index in [0.717, 1.165) is 24.2 Å². The Morgan fingerprint density at radius 2 is 2.04 bits per heavy atom. The Labute approximate surface area is 155 Å². The lowest BCUT2D eigenvalue weighted by molar-refractivity contribution is -0.117. The lowest BCUT2D eigenvalue weighted by Crippen LogP contribution is -2.23. The molecule has 0 saturated carbocycles. The Balaban J connectivity index is 1.43. The van der Waals surface area contributed by atoms with E-state index < -0.39 is 0 Å². The Morgan fingerprint density at radius 1 is 1.19 bits per heavy atom. The molecule has 0 unspecified atom stereocenters. The summed E-state index contributed by atoms with van der Waals surface area (Å²) in [6, 6.07) is 14.6. The summed E-state index contributed by atoms with van der Waals surface area (Å²) in [6.07, 6.45) is 1.49. The summed E-state index contributed by atoms with van der Waals surface area (Å²) in [4.78, 5) is 18.0. The molecule has 1 fully saturated rings. The number of benzene rings is 2. The lowest BCUT2D eigenvalue weighted by Gasteiger charge is -2.16. The summed E-state index contributed by atoms with van der Waals surface area (Å²) in [6.45, 7) is 0.897. The number of hydrogen-bond acceptors (Lipinski definition) is 5. The highest BCUT2D eigenvalue weighted by Crippen LogP contribution is 2.26. The third-order valence-electron chi connectivity index (χ3n) is 4.14. The van der Waals surface area contributed by atoms with Gasteiger partial charge in [0.25, 0.3) is 5.89 Å². The van der Waals surface area contributed by atoms with Crippen LogP contribution in [0.4, 0.5) is 5.69 Å². The number of aromatic nitrogens is 2. The normalized spacial score (nSPS) is 14.0. The second-order valence-electron chi connectivity index (χ2n) is 5.95. The molecule has 2 aromatic carbocycles. The zero-order chi connectivity index (χ0) is 17.9. The van der Waals surface area contributed by atoms with Crippen LogP contribution in [-0.4, -0.2) is 22.6 Å². The van der Waals surface area contributed by atoms with Crippen molar-refractivity contribution < 1.29 is 14.1 Å². The maximum Gasteiger partial charge on any atom is 0.264 e. The van der Waals surface area contributed by atoms with Crippen LogP contribution in [-0.2, 0) is 11.4 Å². The number of anilines is 1. The molecule has 4 rings (SSSR count). The van der Waals surface area contributed by atoms with E-state index >= 15 is 0 Å². The van der Waals surface area contributed by atoms with Crippen molar-refractivity contribution in [1.82, 2.24) is 10.1 Å². The predicted octanol–water partition coefficient (Wildman–Crippen LogP) is 4.10. The van der Waals surface area contributed by atoms with E-state index in [2.05, 4.69) is 10.1 Å². The van der Waals surface area contributed by atoms with Gasteiger partial charge in [-0.2, -0.15) is 4.98 Å². The molecule has 1 amide bonds. The van der Waals surface area contributed by atoms with E-state index in [9.17, 15) is 4.79 Å². The van der Waals surface area contributed by atoms with Crippen LogP contribution in [0.2, 0.25) is 5.02 Å². The number of carbonyl (C=O) groups excluding carboxylic acids is 1. The van der Waals surface area contributed by atoms with Crippen molar-refractivity contribution in [3.8, 4) is 17.1 Å². The summed E-state index contributed by atoms with van der Waals surface area (Å²) in [5, 5.41) is 4.61. The number of amides is 1. The first kappa shape index (κ1) is 16.6. The molecule has 0 atom stereocenters. The Morgan fingerprint density at radius 3 is 2.81 bits per heavy atom. The van der Waals surface area contributed by atoms with Gasteiger partial charge in [0.2, 0.25) is 11.7 Å². The van der Waals surface area contributed by atoms with E-state index in [4.69, 9.17) is 20.9 Å². The number of hydrogen-bond donors (Lipinski definition) is 0. The van der Waals surface area contributed by atoms with Crippen LogP contribution in [0.5, 0.6) is 5.75 Å². The molecule has 26 heavy (non-hydrogen) atoms. The van der Waals surface area contributed by atoms with Gasteiger partial charge in [-0.1, -0.05) is 22.8 Å². The second kappa shape index (κ2) is 7.17. The Bertz CT molecular complexity index is 924. The summed E-state index contributed by atoms with van der Waals surface area (Å²) < 4.78 is 11.0. The van der Waals surface area contributed by atoms with Crippen LogP contribution in [0.15, 0.2) is 53.1 Å². The molecule has 0 bridgehead atoms. The molecule has 1 aromatic heterocycles. The van der Waals surface area contributed by atoms with Gasteiger partial charge in [0.15, 0.2) is 6.61 Å². The van der Waals surface area contributed by atoms with E-state index in [1.165, 1.54) is 0 Å². The van der Waals surface area contributed by atoms with Crippen molar-refractivity contribution in [2.75, 3.05) is 11.4 Å². The SMILES string of the molecule is O=C1CCCN1c1cccc(OCc2nc(-c3ccc(Cl)cc3)no2)c1. The van der Waals surface area contributed by atoms with Crippen LogP contribution in [0.3, 0.4) is 0 Å². The molecule has 132 valence electrons. The molecule has 2 heterocycles. The molecule has 3 aromatic rings. The van der Waals surface area contributed by atoms with Crippen molar-refractivity contribution >= 4 is 23.2 Å². The van der Waals surface area contributed by atoms with Crippen molar-refractivity contribution in [2.24, 2.45) is 0 Å². The van der Waals surface area contributed by atoms with Crippen LogP contribution in [0.25, 0.3) is 11.4 Å². The molecular formula is C19H16ClN3O3. The fraction of sp³-hybridized carbons (Fsp3) is 0.211. The fourth-order valence-corrected chi connectivity index (χ4v) is 2.96. The van der Waals surface area contributed by atoms with E-state index in [0.29, 0.717) is 28.9 Å². The van der Waals surface area contributed by atoms with Crippen molar-refractivity contribution in [1.29, 1.82) is 0 Å². The van der Waals surface area contributed by atoms with Gasteiger partial charge in [-0.25, -0.2) is 0 Å². The van der Waals surface area contributed by atoms with Gasteiger partial charge in [-0.3, -0.25) is 4.79 Å². The number of halogens is 1. The highest BCUT2D eigenvalue weighted by molar-refractivity contribution is 6.30. The topological polar surface area (TPSA) is 68.5 Å². The average molecular weight is 370 g/mol. The van der Waals surface area contributed by atoms with Crippen LogP contribution in [0, 0.1) is 0 Å². The minimum Gasteiger partial charge on any atom is -0.484 e. The smallest absolute Gasteiger partial charge is 0.264 e. The third kappa shape index (κ3) is 3.55. The molecule has 0 spiro atoms. The molecular weight excluding hydrogens is 354 g/mol. The van der Waals surface area contributed by atoms with Gasteiger partial charge in [0, 0.05) is 35.3 Å². The van der Waals surface area contributed by atoms with E-state index in [1.807, 2.05) is 36.4 Å². The first-order valence-corrected chi connectivity index (χ1v) is 8.68. The molecule has 7 heteroatoms. The first-order chi connectivity index (χ1) is 12.7. The highest BCUT2D eigenvalue weighted by Gasteiger charge is 2.21. The number of rotatable bonds is 5. The lowest BCUT2D eigenvalue weighted by atomic mass is 10.2. The first-order valence-electron chi connectivity index (χ1n) is 8.31. The molecule has 1 saturated heterocycles. The summed E-state index contributed by atoms with van der Waals surface area (Å²) in [5.74, 6) is 1.65. The summed E-state index contributed by atoms with van der Waals surface area (Å²) in [5.41, 5.74) is 1.66. The predicted molar refractivity (Wildman–Crippen MR) is 97.1 cm³/mol. The summed E-state index contributed by atoms with van der Waals surface area (Å²) >= 11 is 5.88. The molecule has 6 nitrogen and oxygen atoms in total. The Kier molecular flexibility index (Phi) is 4.58. The molecule has 1 aliphatic heterocycles. The van der Waals surface area contributed by atoms with Gasteiger partial charge in [-0.15, -0.1) is 0 Å². The second-order valence-corrected chi connectivity index (χ2v) is 6.39. The van der Waals surface area contributed by atoms with Crippen molar-refractivity contribution in [3.63, 3.8) is 0 Å². The van der Waals surface area contributed by atoms with Gasteiger partial charge in [0.05, 0.1) is 0 Å². The monoisotopic (exact) mass is 369 g/mol. The standard InChI is InChI=1S/C19H16ClN3O3/c20-14-8-6-13(7-9-14)19-21-17(26-22-19)12-25-16-4-1-3-15(11-16)23-10-2-5-18(23)24/h1,3-4,6-9,11H,2,5,10,12H2. The van der Waals surface area contributed by atoms with Crippen LogP contribution < -0.4 is 9.64 Å². The fourth-order valence-electron chi connectivity index (χ4n) is 2.84. The molecule has 0 N–H and O–H groups in total. The minimum atomic E-state index is 0.145. The van der Waals surface area contributed by atoms with Crippen molar-refractivity contribution in [3.05, 3.63) is 59.4 Å². The molecule has 0 aliphatic carbocycles. The van der Waals surface area contributed by atoms with Crippen LogP contribution >= 0.6 is 11.6 Å². The van der Waals surface area contributed by atoms with Gasteiger partial charge < -0.3 is 14.2 Å². The molecule has 0 radical (unpaired) electrons. The quantitative estimate of drug-likeness (QED) is 0.677. The largest absolute Gasteiger partial charge is 0.484 e. The van der Waals surface area contributed by atoms with E-state index in [-0.39, 0.29) is 12.5 Å². The summed E-state index contributed by atoms with van der Waals surface area (Å²) in [7, 11) is 0. The maximum atomic E-state index is 11.9. The van der Waals surface area contributed by atoms with Gasteiger partial charge >= 0.3 is 0 Å². The zero-order valence-electron chi connectivity index (χ0n) is 13.9. The van der Waals surface area contributed by atoms with Gasteiger partial charge in [-0.05, 0) is 42.8 Å². The third-order valence-corrected chi connectivity index (χ3v) is 4.39. The number of nitrogens with zero attached hydrogens (tertiary/aromatic N) is 3. The number of ether oxygens (including phenoxy) is 1. The minimum absolute atomic E-state index is 0.145. The van der Waals surface area contributed by atoms with Gasteiger partial charge in [0.1, 0.15) is 5.75 Å². The van der Waals surface area contributed by atoms with Crippen LogP contribution in [0.1, 0.15) is 18.7 Å². The Hall–Kier alpha value is -2.86. The maximum absolute atomic E-state index is 11.9. The molecule has 1 aliphatic rings. The average Bonchev–Trinajstić information content (AvgIpc) is 3.30. The van der Waals surface area contributed by atoms with E-state index in [1.54, 1.807) is 17.0 Å². The number of carbonyl (C=O) groups is 1. The highest BCUT2D eigenvalue weighted by atomic mass is 35.5. The zero-order valence-corrected chi connectivity index (χ0v) is 14.6.